The first-order valence-electron chi connectivity index (χ1n) is 9.80. The zero-order valence-electron chi connectivity index (χ0n) is 17.2. The van der Waals surface area contributed by atoms with Crippen LogP contribution in [-0.2, 0) is 16.1 Å². The first-order valence-corrected chi connectivity index (χ1v) is 9.80. The van der Waals surface area contributed by atoms with Crippen molar-refractivity contribution in [2.24, 2.45) is 0 Å². The molecule has 27 heavy (non-hydrogen) atoms. The SMILES string of the molecule is COCC(C)(C)N(CC(=O)N(C)C1(C#N)CCCCC1)Cc1ccccc1. The van der Waals surface area contributed by atoms with Crippen LogP contribution in [0.4, 0.5) is 0 Å². The summed E-state index contributed by atoms with van der Waals surface area (Å²) in [6, 6.07) is 12.6. The fourth-order valence-electron chi connectivity index (χ4n) is 3.90. The number of ether oxygens (including phenoxy) is 1. The molecule has 0 aromatic heterocycles. The van der Waals surface area contributed by atoms with Crippen molar-refractivity contribution in [3.63, 3.8) is 0 Å². The van der Waals surface area contributed by atoms with E-state index in [4.69, 9.17) is 4.74 Å². The number of carbonyl (C=O) groups is 1. The number of carbonyl (C=O) groups excluding carboxylic acids is 1. The number of likely N-dealkylation sites (N-methyl/N-ethyl adjacent to an activating group) is 1. The Morgan fingerprint density at radius 2 is 1.85 bits per heavy atom. The smallest absolute Gasteiger partial charge is 0.237 e. The summed E-state index contributed by atoms with van der Waals surface area (Å²) in [5.74, 6) is -0.00133. The number of hydrogen-bond donors (Lipinski definition) is 0. The van der Waals surface area contributed by atoms with E-state index in [1.165, 1.54) is 0 Å². The molecule has 0 N–H and O–H groups in total. The van der Waals surface area contributed by atoms with Crippen LogP contribution in [0.2, 0.25) is 0 Å². The highest BCUT2D eigenvalue weighted by Crippen LogP contribution is 2.32. The van der Waals surface area contributed by atoms with Gasteiger partial charge >= 0.3 is 0 Å². The number of rotatable bonds is 8. The second-order valence-corrected chi connectivity index (χ2v) is 8.24. The van der Waals surface area contributed by atoms with Crippen molar-refractivity contribution in [3.05, 3.63) is 35.9 Å². The molecule has 148 valence electrons. The zero-order valence-corrected chi connectivity index (χ0v) is 17.2. The highest BCUT2D eigenvalue weighted by molar-refractivity contribution is 5.79. The standard InChI is InChI=1S/C22H33N3O2/c1-21(2,18-27-4)25(15-19-11-7-5-8-12-19)16-20(26)24(3)22(17-23)13-9-6-10-14-22/h5,7-8,11-12H,6,9-10,13-16,18H2,1-4H3. The Bertz CT molecular complexity index is 645. The van der Waals surface area contributed by atoms with Crippen molar-refractivity contribution in [1.29, 1.82) is 5.26 Å². The van der Waals surface area contributed by atoms with Crippen LogP contribution in [0.15, 0.2) is 30.3 Å². The first kappa shape index (κ1) is 21.4. The van der Waals surface area contributed by atoms with Gasteiger partial charge in [-0.2, -0.15) is 5.26 Å². The maximum atomic E-state index is 13.2. The summed E-state index contributed by atoms with van der Waals surface area (Å²) in [6.45, 7) is 5.64. The molecular formula is C22H33N3O2. The first-order chi connectivity index (χ1) is 12.8. The summed E-state index contributed by atoms with van der Waals surface area (Å²) in [5.41, 5.74) is 0.205. The number of hydrogen-bond acceptors (Lipinski definition) is 4. The van der Waals surface area contributed by atoms with Crippen LogP contribution in [0.1, 0.15) is 51.5 Å². The molecule has 5 heteroatoms. The van der Waals surface area contributed by atoms with E-state index in [1.54, 1.807) is 19.1 Å². The Kier molecular flexibility index (Phi) is 7.41. The van der Waals surface area contributed by atoms with Gasteiger partial charge in [-0.1, -0.05) is 49.6 Å². The van der Waals surface area contributed by atoms with Gasteiger partial charge in [0, 0.05) is 26.2 Å². The lowest BCUT2D eigenvalue weighted by molar-refractivity contribution is -0.138. The van der Waals surface area contributed by atoms with Crippen LogP contribution in [0.3, 0.4) is 0 Å². The molecule has 1 aliphatic rings. The molecule has 1 aromatic carbocycles. The molecule has 5 nitrogen and oxygen atoms in total. The molecule has 1 aromatic rings. The average Bonchev–Trinajstić information content (AvgIpc) is 2.68. The van der Waals surface area contributed by atoms with Crippen LogP contribution < -0.4 is 0 Å². The van der Waals surface area contributed by atoms with Gasteiger partial charge in [-0.15, -0.1) is 0 Å². The lowest BCUT2D eigenvalue weighted by Gasteiger charge is -2.42. The largest absolute Gasteiger partial charge is 0.383 e. The minimum atomic E-state index is -0.654. The van der Waals surface area contributed by atoms with E-state index in [1.807, 2.05) is 18.2 Å². The number of nitrogens with zero attached hydrogens (tertiary/aromatic N) is 3. The number of benzene rings is 1. The van der Waals surface area contributed by atoms with Gasteiger partial charge < -0.3 is 9.64 Å². The summed E-state index contributed by atoms with van der Waals surface area (Å²) < 4.78 is 5.41. The summed E-state index contributed by atoms with van der Waals surface area (Å²) >= 11 is 0. The predicted molar refractivity (Wildman–Crippen MR) is 107 cm³/mol. The second-order valence-electron chi connectivity index (χ2n) is 8.24. The van der Waals surface area contributed by atoms with Gasteiger partial charge in [0.2, 0.25) is 5.91 Å². The molecule has 2 rings (SSSR count). The lowest BCUT2D eigenvalue weighted by atomic mass is 9.81. The fraction of sp³-hybridized carbons (Fsp3) is 0.636. The highest BCUT2D eigenvalue weighted by atomic mass is 16.5. The number of nitriles is 1. The van der Waals surface area contributed by atoms with E-state index < -0.39 is 5.54 Å². The summed E-state index contributed by atoms with van der Waals surface area (Å²) in [5, 5.41) is 9.80. The summed E-state index contributed by atoms with van der Waals surface area (Å²) in [4.78, 5) is 17.0. The number of amides is 1. The van der Waals surface area contributed by atoms with Crippen LogP contribution in [-0.4, -0.2) is 54.1 Å². The van der Waals surface area contributed by atoms with Gasteiger partial charge in [0.25, 0.3) is 0 Å². The van der Waals surface area contributed by atoms with Crippen molar-refractivity contribution < 1.29 is 9.53 Å². The third-order valence-electron chi connectivity index (χ3n) is 5.80. The van der Waals surface area contributed by atoms with Crippen LogP contribution >= 0.6 is 0 Å². The number of methoxy groups -OCH3 is 1. The molecule has 0 unspecified atom stereocenters. The third-order valence-corrected chi connectivity index (χ3v) is 5.80. The van der Waals surface area contributed by atoms with Crippen molar-refractivity contribution in [1.82, 2.24) is 9.80 Å². The quantitative estimate of drug-likeness (QED) is 0.701. The third kappa shape index (κ3) is 5.31. The van der Waals surface area contributed by atoms with E-state index in [0.717, 1.165) is 37.7 Å². The van der Waals surface area contributed by atoms with Crippen LogP contribution in [0.25, 0.3) is 0 Å². The average molecular weight is 372 g/mol. The monoisotopic (exact) mass is 371 g/mol. The van der Waals surface area contributed by atoms with E-state index in [-0.39, 0.29) is 18.0 Å². The lowest BCUT2D eigenvalue weighted by Crippen LogP contribution is -2.56. The van der Waals surface area contributed by atoms with Gasteiger partial charge in [-0.3, -0.25) is 9.69 Å². The molecular weight excluding hydrogens is 338 g/mol. The van der Waals surface area contributed by atoms with Gasteiger partial charge in [-0.05, 0) is 32.3 Å². The zero-order chi connectivity index (χ0) is 19.9. The van der Waals surface area contributed by atoms with E-state index in [0.29, 0.717) is 13.2 Å². The molecule has 1 fully saturated rings. The van der Waals surface area contributed by atoms with Gasteiger partial charge in [0.1, 0.15) is 5.54 Å². The molecule has 0 aliphatic heterocycles. The summed E-state index contributed by atoms with van der Waals surface area (Å²) in [7, 11) is 3.48. The molecule has 0 radical (unpaired) electrons. The Labute approximate surface area is 163 Å². The van der Waals surface area contributed by atoms with Crippen molar-refractivity contribution in [2.45, 2.75) is 63.6 Å². The molecule has 0 heterocycles. The maximum absolute atomic E-state index is 13.2. The molecule has 1 amide bonds. The Balaban J connectivity index is 2.18. The van der Waals surface area contributed by atoms with Crippen molar-refractivity contribution in [2.75, 3.05) is 27.3 Å². The van der Waals surface area contributed by atoms with Gasteiger partial charge in [-0.25, -0.2) is 0 Å². The van der Waals surface area contributed by atoms with Gasteiger partial charge in [0.05, 0.1) is 19.2 Å². The molecule has 0 spiro atoms. The van der Waals surface area contributed by atoms with E-state index >= 15 is 0 Å². The predicted octanol–water partition coefficient (Wildman–Crippen LogP) is 3.60. The molecule has 1 aliphatic carbocycles. The van der Waals surface area contributed by atoms with E-state index in [9.17, 15) is 10.1 Å². The Morgan fingerprint density at radius 3 is 2.41 bits per heavy atom. The normalized spacial score (nSPS) is 16.7. The Hall–Kier alpha value is -1.90. The minimum absolute atomic E-state index is 0.00133. The van der Waals surface area contributed by atoms with Crippen LogP contribution in [0, 0.1) is 11.3 Å². The summed E-state index contributed by atoms with van der Waals surface area (Å²) in [6.07, 6.45) is 4.70. The van der Waals surface area contributed by atoms with Crippen molar-refractivity contribution >= 4 is 5.91 Å². The second kappa shape index (κ2) is 9.34. The molecule has 1 saturated carbocycles. The maximum Gasteiger partial charge on any atom is 0.237 e. The fourth-order valence-corrected chi connectivity index (χ4v) is 3.90. The van der Waals surface area contributed by atoms with E-state index in [2.05, 4.69) is 36.9 Å². The Morgan fingerprint density at radius 1 is 1.22 bits per heavy atom. The van der Waals surface area contributed by atoms with Crippen LogP contribution in [0.5, 0.6) is 0 Å². The van der Waals surface area contributed by atoms with Crippen molar-refractivity contribution in [3.8, 4) is 6.07 Å². The topological polar surface area (TPSA) is 56.6 Å². The highest BCUT2D eigenvalue weighted by Gasteiger charge is 2.40. The molecule has 0 atom stereocenters. The molecule has 0 saturated heterocycles. The minimum Gasteiger partial charge on any atom is -0.383 e. The molecule has 0 bridgehead atoms. The van der Waals surface area contributed by atoms with Gasteiger partial charge in [0.15, 0.2) is 0 Å².